The molecule has 0 aromatic heterocycles. The first-order chi connectivity index (χ1) is 11.8. The van der Waals surface area contributed by atoms with Crippen LogP contribution in [0.2, 0.25) is 0 Å². The lowest BCUT2D eigenvalue weighted by molar-refractivity contribution is -0.124. The van der Waals surface area contributed by atoms with Crippen LogP contribution in [-0.2, 0) is 9.63 Å². The Morgan fingerprint density at radius 3 is 1.50 bits per heavy atom. The van der Waals surface area contributed by atoms with Gasteiger partial charge in [0.15, 0.2) is 0 Å². The summed E-state index contributed by atoms with van der Waals surface area (Å²) in [6.45, 7) is 2.28. The van der Waals surface area contributed by atoms with Crippen LogP contribution in [0.15, 0.2) is 10.4 Å². The molecule has 1 atom stereocenters. The van der Waals surface area contributed by atoms with Gasteiger partial charge < -0.3 is 4.84 Å². The molecule has 0 spiro atoms. The third-order valence-corrected chi connectivity index (χ3v) is 4.91. The summed E-state index contributed by atoms with van der Waals surface area (Å²) in [6.07, 6.45) is 22.2. The van der Waals surface area contributed by atoms with E-state index >= 15 is 0 Å². The van der Waals surface area contributed by atoms with Crippen LogP contribution in [0.1, 0.15) is 116 Å². The van der Waals surface area contributed by atoms with Crippen LogP contribution in [0.25, 0.3) is 0 Å². The van der Waals surface area contributed by atoms with Crippen molar-refractivity contribution in [1.82, 2.24) is 0 Å². The van der Waals surface area contributed by atoms with Gasteiger partial charge >= 0.3 is 5.91 Å². The zero-order chi connectivity index (χ0) is 17.3. The fourth-order valence-electron chi connectivity index (χ4n) is 3.28. The second-order valence-electron chi connectivity index (χ2n) is 7.21. The van der Waals surface area contributed by atoms with Gasteiger partial charge in [-0.05, 0) is 12.8 Å². The van der Waals surface area contributed by atoms with E-state index in [9.17, 15) is 4.79 Å². The molecule has 24 heavy (non-hydrogen) atoms. The topological polar surface area (TPSA) is 51.0 Å². The summed E-state index contributed by atoms with van der Waals surface area (Å²) in [4.78, 5) is 16.1. The minimum Gasteiger partial charge on any atom is -0.366 e. The van der Waals surface area contributed by atoms with E-state index < -0.39 is 6.10 Å². The first-order valence-electron chi connectivity index (χ1n) is 10.5. The quantitative estimate of drug-likeness (QED) is 0.270. The maximum atomic E-state index is 11.2. The predicted octanol–water partition coefficient (Wildman–Crippen LogP) is 6.93. The Bertz CT molecular complexity index is 332. The molecule has 1 aliphatic rings. The van der Waals surface area contributed by atoms with E-state index in [1.54, 1.807) is 0 Å². The van der Waals surface area contributed by atoms with Gasteiger partial charge in [0.05, 0.1) is 0 Å². The molecule has 0 fully saturated rings. The van der Waals surface area contributed by atoms with Crippen LogP contribution < -0.4 is 0 Å². The first kappa shape index (κ1) is 21.1. The molecule has 0 saturated heterocycles. The SMILES string of the molecule is CCCCCCCCCCCCCCCCCCC1ON=NC1=O. The van der Waals surface area contributed by atoms with Gasteiger partial charge in [-0.3, -0.25) is 4.79 Å². The van der Waals surface area contributed by atoms with Crippen molar-refractivity contribution in [2.45, 2.75) is 122 Å². The lowest BCUT2D eigenvalue weighted by Gasteiger charge is -2.05. The minimum atomic E-state index is -0.392. The average molecular weight is 339 g/mol. The molecule has 1 unspecified atom stereocenters. The van der Waals surface area contributed by atoms with Gasteiger partial charge in [0, 0.05) is 5.28 Å². The van der Waals surface area contributed by atoms with Crippen LogP contribution in [-0.4, -0.2) is 12.0 Å². The van der Waals surface area contributed by atoms with Crippen LogP contribution in [0.3, 0.4) is 0 Å². The molecule has 0 N–H and O–H groups in total. The molecule has 0 radical (unpaired) electrons. The lowest BCUT2D eigenvalue weighted by atomic mass is 10.0. The summed E-state index contributed by atoms with van der Waals surface area (Å²) in [5, 5.41) is 6.69. The summed E-state index contributed by atoms with van der Waals surface area (Å²) in [7, 11) is 0. The molecule has 1 rings (SSSR count). The van der Waals surface area contributed by atoms with Crippen LogP contribution >= 0.6 is 0 Å². The van der Waals surface area contributed by atoms with E-state index in [2.05, 4.69) is 17.3 Å². The van der Waals surface area contributed by atoms with Crippen molar-refractivity contribution in [2.24, 2.45) is 10.4 Å². The molecule has 140 valence electrons. The van der Waals surface area contributed by atoms with Crippen LogP contribution in [0.5, 0.6) is 0 Å². The van der Waals surface area contributed by atoms with Crippen molar-refractivity contribution in [3.8, 4) is 0 Å². The second-order valence-corrected chi connectivity index (χ2v) is 7.21. The van der Waals surface area contributed by atoms with Gasteiger partial charge in [0.2, 0.25) is 6.10 Å². The van der Waals surface area contributed by atoms with Crippen molar-refractivity contribution >= 4 is 5.91 Å². The molecule has 4 nitrogen and oxygen atoms in total. The first-order valence-corrected chi connectivity index (χ1v) is 10.5. The van der Waals surface area contributed by atoms with Crippen LogP contribution in [0.4, 0.5) is 0 Å². The Morgan fingerprint density at radius 2 is 1.12 bits per heavy atom. The van der Waals surface area contributed by atoms with E-state index in [0.29, 0.717) is 0 Å². The van der Waals surface area contributed by atoms with E-state index in [1.165, 1.54) is 96.3 Å². The van der Waals surface area contributed by atoms with Gasteiger partial charge in [-0.2, -0.15) is 0 Å². The maximum absolute atomic E-state index is 11.2. The Kier molecular flexibility index (Phi) is 13.7. The Morgan fingerprint density at radius 1 is 0.708 bits per heavy atom. The normalized spacial score (nSPS) is 16.7. The number of amides is 1. The fraction of sp³-hybridized carbons (Fsp3) is 0.950. The standard InChI is InChI=1S/C20H38N2O2/c1-2-3-4-5-6-7-8-9-10-11-12-13-14-15-16-17-18-19-20(23)21-22-24-19/h19H,2-18H2,1H3. The van der Waals surface area contributed by atoms with Gasteiger partial charge in [0.1, 0.15) is 0 Å². The zero-order valence-electron chi connectivity index (χ0n) is 15.8. The summed E-state index contributed by atoms with van der Waals surface area (Å²) < 4.78 is 0. The number of nitrogens with zero attached hydrogens (tertiary/aromatic N) is 2. The molecule has 0 saturated carbocycles. The largest absolute Gasteiger partial charge is 0.366 e. The smallest absolute Gasteiger partial charge is 0.311 e. The van der Waals surface area contributed by atoms with Gasteiger partial charge in [-0.25, -0.2) is 0 Å². The molecule has 1 amide bonds. The van der Waals surface area contributed by atoms with Crippen molar-refractivity contribution in [3.63, 3.8) is 0 Å². The molecule has 0 aliphatic carbocycles. The van der Waals surface area contributed by atoms with Gasteiger partial charge in [-0.15, -0.1) is 0 Å². The number of carbonyl (C=O) groups excluding carboxylic acids is 1. The molecule has 1 aliphatic heterocycles. The van der Waals surface area contributed by atoms with Crippen molar-refractivity contribution in [3.05, 3.63) is 0 Å². The molecular formula is C20H38N2O2. The Hall–Kier alpha value is -0.930. The monoisotopic (exact) mass is 338 g/mol. The Balaban J connectivity index is 1.68. The highest BCUT2D eigenvalue weighted by Crippen LogP contribution is 2.16. The zero-order valence-corrected chi connectivity index (χ0v) is 15.8. The fourth-order valence-corrected chi connectivity index (χ4v) is 3.28. The average Bonchev–Trinajstić information content (AvgIpc) is 2.99. The van der Waals surface area contributed by atoms with E-state index in [-0.39, 0.29) is 5.91 Å². The lowest BCUT2D eigenvalue weighted by Crippen LogP contribution is -2.15. The highest BCUT2D eigenvalue weighted by Gasteiger charge is 2.24. The molecule has 0 aromatic carbocycles. The number of rotatable bonds is 17. The Labute approximate surface area is 148 Å². The summed E-state index contributed by atoms with van der Waals surface area (Å²) in [6, 6.07) is 0. The number of hydrogen-bond donors (Lipinski definition) is 0. The second kappa shape index (κ2) is 15.6. The molecule has 4 heteroatoms. The maximum Gasteiger partial charge on any atom is 0.311 e. The van der Waals surface area contributed by atoms with Gasteiger partial charge in [-0.1, -0.05) is 108 Å². The summed E-state index contributed by atoms with van der Waals surface area (Å²) in [5.74, 6) is -0.212. The van der Waals surface area contributed by atoms with Crippen LogP contribution in [0, 0.1) is 0 Å². The number of carbonyl (C=O) groups is 1. The highest BCUT2D eigenvalue weighted by molar-refractivity contribution is 5.81. The van der Waals surface area contributed by atoms with E-state index in [4.69, 9.17) is 4.84 Å². The predicted molar refractivity (Wildman–Crippen MR) is 98.9 cm³/mol. The molecule has 0 aromatic rings. The number of unbranched alkanes of at least 4 members (excludes halogenated alkanes) is 15. The van der Waals surface area contributed by atoms with E-state index in [0.717, 1.165) is 12.8 Å². The molecular weight excluding hydrogens is 300 g/mol. The molecule has 0 bridgehead atoms. The number of hydrogen-bond acceptors (Lipinski definition) is 3. The third-order valence-electron chi connectivity index (χ3n) is 4.91. The highest BCUT2D eigenvalue weighted by atomic mass is 16.7. The third kappa shape index (κ3) is 11.6. The van der Waals surface area contributed by atoms with Crippen molar-refractivity contribution in [2.75, 3.05) is 0 Å². The van der Waals surface area contributed by atoms with Crippen molar-refractivity contribution < 1.29 is 9.63 Å². The van der Waals surface area contributed by atoms with Crippen molar-refractivity contribution in [1.29, 1.82) is 0 Å². The minimum absolute atomic E-state index is 0.212. The summed E-state index contributed by atoms with van der Waals surface area (Å²) in [5.41, 5.74) is 0. The van der Waals surface area contributed by atoms with Gasteiger partial charge in [0.25, 0.3) is 0 Å². The molecule has 1 heterocycles. The summed E-state index contributed by atoms with van der Waals surface area (Å²) >= 11 is 0. The van der Waals surface area contributed by atoms with E-state index in [1.807, 2.05) is 0 Å².